The predicted molar refractivity (Wildman–Crippen MR) is 62.6 cm³/mol. The first kappa shape index (κ1) is 10.9. The Morgan fingerprint density at radius 1 is 1.36 bits per heavy atom. The highest BCUT2D eigenvalue weighted by Gasteiger charge is 1.92. The first-order valence-corrected chi connectivity index (χ1v) is 5.99. The highest BCUT2D eigenvalue weighted by atomic mass is 32.2. The lowest BCUT2D eigenvalue weighted by Crippen LogP contribution is -2.02. The Balaban J connectivity index is 2.33. The zero-order valence-corrected chi connectivity index (χ0v) is 9.10. The van der Waals surface area contributed by atoms with Crippen molar-refractivity contribution in [3.05, 3.63) is 29.8 Å². The normalized spacial score (nSPS) is 9.43. The van der Waals surface area contributed by atoms with Gasteiger partial charge in [-0.2, -0.15) is 17.0 Å². The van der Waals surface area contributed by atoms with Crippen LogP contribution in [0.15, 0.2) is 24.3 Å². The van der Waals surface area contributed by atoms with Crippen LogP contribution in [0.2, 0.25) is 0 Å². The van der Waals surface area contributed by atoms with Crippen LogP contribution in [0.3, 0.4) is 0 Å². The second kappa shape index (κ2) is 6.33. The lowest BCUT2D eigenvalue weighted by Gasteiger charge is -2.04. The van der Waals surface area contributed by atoms with Crippen LogP contribution in [0.5, 0.6) is 0 Å². The third-order valence-electron chi connectivity index (χ3n) is 1.87. The molecule has 0 atom stereocenters. The van der Waals surface area contributed by atoms with Gasteiger partial charge < -0.3 is 5.32 Å². The Bertz CT molecular complexity index is 300. The summed E-state index contributed by atoms with van der Waals surface area (Å²) in [6.45, 7) is 0.993. The van der Waals surface area contributed by atoms with Crippen LogP contribution in [-0.4, -0.2) is 18.6 Å². The van der Waals surface area contributed by atoms with E-state index in [4.69, 9.17) is 5.26 Å². The Morgan fingerprint density at radius 3 is 2.64 bits per heavy atom. The minimum atomic E-state index is 0.708. The third kappa shape index (κ3) is 3.71. The van der Waals surface area contributed by atoms with Gasteiger partial charge in [-0.15, -0.1) is 0 Å². The van der Waals surface area contributed by atoms with Crippen molar-refractivity contribution in [2.45, 2.75) is 6.42 Å². The van der Waals surface area contributed by atoms with E-state index in [1.807, 2.05) is 36.0 Å². The summed E-state index contributed by atoms with van der Waals surface area (Å²) >= 11 is 1.86. The number of nitrogens with zero attached hydrogens (tertiary/aromatic N) is 1. The van der Waals surface area contributed by atoms with Gasteiger partial charge in [-0.25, -0.2) is 0 Å². The zero-order chi connectivity index (χ0) is 10.2. The molecule has 74 valence electrons. The van der Waals surface area contributed by atoms with E-state index in [0.29, 0.717) is 5.56 Å². The number of hydrogen-bond donors (Lipinski definition) is 1. The Kier molecular flexibility index (Phi) is 4.95. The molecule has 0 aromatic heterocycles. The SMILES string of the molecule is CSCCCNc1ccc(C#N)cc1. The highest BCUT2D eigenvalue weighted by molar-refractivity contribution is 7.98. The van der Waals surface area contributed by atoms with Crippen molar-refractivity contribution in [1.82, 2.24) is 0 Å². The van der Waals surface area contributed by atoms with Gasteiger partial charge in [0.25, 0.3) is 0 Å². The lowest BCUT2D eigenvalue weighted by atomic mass is 10.2. The average molecular weight is 206 g/mol. The summed E-state index contributed by atoms with van der Waals surface area (Å²) in [6, 6.07) is 9.64. The first-order valence-electron chi connectivity index (χ1n) is 4.60. The first-order chi connectivity index (χ1) is 6.86. The summed E-state index contributed by atoms with van der Waals surface area (Å²) in [4.78, 5) is 0. The molecule has 0 amide bonds. The molecule has 1 aromatic carbocycles. The van der Waals surface area contributed by atoms with Crippen LogP contribution in [0.4, 0.5) is 5.69 Å². The van der Waals surface area contributed by atoms with E-state index in [1.54, 1.807) is 0 Å². The van der Waals surface area contributed by atoms with Crippen molar-refractivity contribution in [1.29, 1.82) is 5.26 Å². The van der Waals surface area contributed by atoms with Crippen LogP contribution in [-0.2, 0) is 0 Å². The summed E-state index contributed by atoms with van der Waals surface area (Å²) in [5.41, 5.74) is 1.80. The molecule has 0 radical (unpaired) electrons. The third-order valence-corrected chi connectivity index (χ3v) is 2.57. The monoisotopic (exact) mass is 206 g/mol. The molecule has 2 nitrogen and oxygen atoms in total. The summed E-state index contributed by atoms with van der Waals surface area (Å²) in [5.74, 6) is 1.18. The van der Waals surface area contributed by atoms with Crippen LogP contribution >= 0.6 is 11.8 Å². The summed E-state index contributed by atoms with van der Waals surface area (Å²) < 4.78 is 0. The second-order valence-corrected chi connectivity index (χ2v) is 3.95. The van der Waals surface area contributed by atoms with Crippen molar-refractivity contribution < 1.29 is 0 Å². The van der Waals surface area contributed by atoms with Gasteiger partial charge in [0, 0.05) is 12.2 Å². The topological polar surface area (TPSA) is 35.8 Å². The summed E-state index contributed by atoms with van der Waals surface area (Å²) in [7, 11) is 0. The highest BCUT2D eigenvalue weighted by Crippen LogP contribution is 2.08. The maximum Gasteiger partial charge on any atom is 0.0991 e. The lowest BCUT2D eigenvalue weighted by molar-refractivity contribution is 0.993. The minimum absolute atomic E-state index is 0.708. The van der Waals surface area contributed by atoms with Crippen LogP contribution in [0.25, 0.3) is 0 Å². The number of rotatable bonds is 5. The predicted octanol–water partition coefficient (Wildman–Crippen LogP) is 2.72. The smallest absolute Gasteiger partial charge is 0.0991 e. The number of benzene rings is 1. The largest absolute Gasteiger partial charge is 0.385 e. The van der Waals surface area contributed by atoms with Crippen LogP contribution in [0, 0.1) is 11.3 Å². The number of nitriles is 1. The van der Waals surface area contributed by atoms with Gasteiger partial charge in [0.15, 0.2) is 0 Å². The fraction of sp³-hybridized carbons (Fsp3) is 0.364. The molecule has 0 aliphatic rings. The molecule has 1 rings (SSSR count). The van der Waals surface area contributed by atoms with Gasteiger partial charge in [0.2, 0.25) is 0 Å². The molecule has 3 heteroatoms. The molecule has 0 saturated carbocycles. The molecule has 0 aliphatic carbocycles. The van der Waals surface area contributed by atoms with Crippen molar-refractivity contribution >= 4 is 17.4 Å². The second-order valence-electron chi connectivity index (χ2n) is 2.96. The van der Waals surface area contributed by atoms with Crippen molar-refractivity contribution in [3.8, 4) is 6.07 Å². The number of anilines is 1. The molecule has 0 bridgehead atoms. The molecule has 0 spiro atoms. The molecule has 1 aromatic rings. The fourth-order valence-corrected chi connectivity index (χ4v) is 1.54. The van der Waals surface area contributed by atoms with Gasteiger partial charge in [0.1, 0.15) is 0 Å². The molecule has 14 heavy (non-hydrogen) atoms. The van der Waals surface area contributed by atoms with Gasteiger partial charge in [-0.1, -0.05) is 0 Å². The van der Waals surface area contributed by atoms with Gasteiger partial charge >= 0.3 is 0 Å². The molecule has 0 heterocycles. The van der Waals surface area contributed by atoms with Crippen molar-refractivity contribution in [3.63, 3.8) is 0 Å². The number of nitrogens with one attached hydrogen (secondary N) is 1. The Labute approximate surface area is 89.3 Å². The molecule has 0 unspecified atom stereocenters. The van der Waals surface area contributed by atoms with E-state index < -0.39 is 0 Å². The molecule has 1 N–H and O–H groups in total. The number of hydrogen-bond acceptors (Lipinski definition) is 3. The molecular formula is C11H14N2S. The molecule has 0 aliphatic heterocycles. The van der Waals surface area contributed by atoms with Gasteiger partial charge in [-0.3, -0.25) is 0 Å². The van der Waals surface area contributed by atoms with Crippen LogP contribution < -0.4 is 5.32 Å². The van der Waals surface area contributed by atoms with E-state index in [0.717, 1.165) is 12.2 Å². The number of thioether (sulfide) groups is 1. The van der Waals surface area contributed by atoms with E-state index in [9.17, 15) is 0 Å². The van der Waals surface area contributed by atoms with Gasteiger partial charge in [-0.05, 0) is 42.7 Å². The van der Waals surface area contributed by atoms with Crippen LogP contribution in [0.1, 0.15) is 12.0 Å². The Hall–Kier alpha value is -1.14. The van der Waals surface area contributed by atoms with Crippen molar-refractivity contribution in [2.24, 2.45) is 0 Å². The summed E-state index contributed by atoms with van der Waals surface area (Å²) in [5, 5.41) is 11.9. The minimum Gasteiger partial charge on any atom is -0.385 e. The standard InChI is InChI=1S/C11H14N2S/c1-14-8-2-7-13-11-5-3-10(9-12)4-6-11/h3-6,13H,2,7-8H2,1H3. The maximum absolute atomic E-state index is 8.60. The zero-order valence-electron chi connectivity index (χ0n) is 8.29. The van der Waals surface area contributed by atoms with Crippen molar-refractivity contribution in [2.75, 3.05) is 23.9 Å². The van der Waals surface area contributed by atoms with E-state index in [1.165, 1.54) is 12.2 Å². The Morgan fingerprint density at radius 2 is 2.07 bits per heavy atom. The quantitative estimate of drug-likeness (QED) is 0.752. The molecular weight excluding hydrogens is 192 g/mol. The average Bonchev–Trinajstić information content (AvgIpc) is 2.25. The van der Waals surface area contributed by atoms with E-state index in [-0.39, 0.29) is 0 Å². The van der Waals surface area contributed by atoms with Gasteiger partial charge in [0.05, 0.1) is 11.6 Å². The van der Waals surface area contributed by atoms with E-state index in [2.05, 4.69) is 17.6 Å². The molecule has 0 saturated heterocycles. The molecule has 0 fully saturated rings. The maximum atomic E-state index is 8.60. The fourth-order valence-electron chi connectivity index (χ4n) is 1.11. The summed E-state index contributed by atoms with van der Waals surface area (Å²) in [6.07, 6.45) is 3.28. The van der Waals surface area contributed by atoms with E-state index >= 15 is 0 Å².